The van der Waals surface area contributed by atoms with Crippen LogP contribution in [0, 0.1) is 0 Å². The Morgan fingerprint density at radius 2 is 2.23 bits per heavy atom. The van der Waals surface area contributed by atoms with E-state index in [4.69, 9.17) is 5.73 Å². The summed E-state index contributed by atoms with van der Waals surface area (Å²) >= 11 is 0. The van der Waals surface area contributed by atoms with Gasteiger partial charge in [0.1, 0.15) is 0 Å². The van der Waals surface area contributed by atoms with Crippen molar-refractivity contribution < 1.29 is 4.79 Å². The number of nitrogens with zero attached hydrogens (tertiary/aromatic N) is 1. The summed E-state index contributed by atoms with van der Waals surface area (Å²) in [6.07, 6.45) is 8.42. The van der Waals surface area contributed by atoms with E-state index in [1.165, 1.54) is 0 Å². The Labute approximate surface area is 78.6 Å². The highest BCUT2D eigenvalue weighted by molar-refractivity contribution is 5.84. The lowest BCUT2D eigenvalue weighted by molar-refractivity contribution is -0.130. The molecule has 2 atom stereocenters. The van der Waals surface area contributed by atoms with Gasteiger partial charge >= 0.3 is 0 Å². The molecule has 3 heteroatoms. The minimum Gasteiger partial charge on any atom is -0.338 e. The largest absolute Gasteiger partial charge is 0.338 e. The molecule has 0 radical (unpaired) electrons. The van der Waals surface area contributed by atoms with E-state index < -0.39 is 0 Å². The number of amides is 1. The molecule has 0 saturated carbocycles. The highest BCUT2D eigenvalue weighted by Crippen LogP contribution is 2.22. The first-order valence-corrected chi connectivity index (χ1v) is 5.00. The fourth-order valence-electron chi connectivity index (χ4n) is 2.15. The second-order valence-corrected chi connectivity index (χ2v) is 3.87. The predicted molar refractivity (Wildman–Crippen MR) is 51.1 cm³/mol. The second-order valence-electron chi connectivity index (χ2n) is 3.87. The molecule has 1 amide bonds. The van der Waals surface area contributed by atoms with Crippen LogP contribution < -0.4 is 5.73 Å². The highest BCUT2D eigenvalue weighted by Gasteiger charge is 2.33. The number of hydrogen-bond acceptors (Lipinski definition) is 2. The van der Waals surface area contributed by atoms with Gasteiger partial charge < -0.3 is 10.6 Å². The molecule has 2 aliphatic rings. The third kappa shape index (κ3) is 1.61. The van der Waals surface area contributed by atoms with Crippen LogP contribution in [0.2, 0.25) is 0 Å². The van der Waals surface area contributed by atoms with Crippen LogP contribution in [0.5, 0.6) is 0 Å². The van der Waals surface area contributed by atoms with Crippen LogP contribution in [0.15, 0.2) is 12.2 Å². The van der Waals surface area contributed by atoms with Crippen molar-refractivity contribution in [1.82, 2.24) is 4.90 Å². The van der Waals surface area contributed by atoms with Crippen molar-refractivity contribution in [1.29, 1.82) is 0 Å². The van der Waals surface area contributed by atoms with E-state index in [0.717, 1.165) is 32.2 Å². The third-order valence-corrected chi connectivity index (χ3v) is 2.96. The van der Waals surface area contributed by atoms with Crippen LogP contribution in [0.1, 0.15) is 25.7 Å². The summed E-state index contributed by atoms with van der Waals surface area (Å²) in [6.45, 7) is 0.860. The van der Waals surface area contributed by atoms with Crippen molar-refractivity contribution in [2.24, 2.45) is 5.73 Å². The first kappa shape index (κ1) is 8.75. The zero-order valence-electron chi connectivity index (χ0n) is 7.78. The molecule has 0 aromatic heterocycles. The zero-order valence-corrected chi connectivity index (χ0v) is 7.78. The van der Waals surface area contributed by atoms with Gasteiger partial charge in [-0.05, 0) is 25.7 Å². The van der Waals surface area contributed by atoms with E-state index >= 15 is 0 Å². The van der Waals surface area contributed by atoms with Gasteiger partial charge in [-0.3, -0.25) is 4.79 Å². The monoisotopic (exact) mass is 180 g/mol. The van der Waals surface area contributed by atoms with Crippen LogP contribution >= 0.6 is 0 Å². The smallest absolute Gasteiger partial charge is 0.239 e. The molecule has 0 bridgehead atoms. The number of allylic oxidation sites excluding steroid dienone is 1. The normalized spacial score (nSPS) is 34.2. The maximum Gasteiger partial charge on any atom is 0.239 e. The first-order valence-electron chi connectivity index (χ1n) is 5.00. The van der Waals surface area contributed by atoms with Gasteiger partial charge in [0.05, 0.1) is 6.04 Å². The van der Waals surface area contributed by atoms with Gasteiger partial charge in [0.15, 0.2) is 0 Å². The molecule has 0 spiro atoms. The minimum atomic E-state index is -0.231. The molecular weight excluding hydrogens is 164 g/mol. The molecule has 0 aromatic carbocycles. The summed E-state index contributed by atoms with van der Waals surface area (Å²) in [5.74, 6) is 0.153. The fourth-order valence-corrected chi connectivity index (χ4v) is 2.15. The summed E-state index contributed by atoms with van der Waals surface area (Å²) in [5.41, 5.74) is 5.67. The lowest BCUT2D eigenvalue weighted by Crippen LogP contribution is -2.41. The van der Waals surface area contributed by atoms with Crippen molar-refractivity contribution in [2.45, 2.75) is 37.8 Å². The lowest BCUT2D eigenvalue weighted by atomic mass is 10.0. The predicted octanol–water partition coefficient (Wildman–Crippen LogP) is 0.655. The molecule has 2 rings (SSSR count). The maximum atomic E-state index is 11.6. The van der Waals surface area contributed by atoms with Crippen LogP contribution in [0.3, 0.4) is 0 Å². The van der Waals surface area contributed by atoms with Crippen LogP contribution in [-0.2, 0) is 4.79 Å². The number of carbonyl (C=O) groups is 1. The topological polar surface area (TPSA) is 46.3 Å². The van der Waals surface area contributed by atoms with Crippen molar-refractivity contribution in [3.63, 3.8) is 0 Å². The maximum absolute atomic E-state index is 11.6. The number of nitrogens with two attached hydrogens (primary N) is 1. The molecule has 1 aliphatic heterocycles. The minimum absolute atomic E-state index is 0.153. The van der Waals surface area contributed by atoms with E-state index in [1.54, 1.807) is 0 Å². The van der Waals surface area contributed by atoms with Gasteiger partial charge in [0, 0.05) is 12.6 Å². The molecular formula is C10H16N2O. The molecule has 3 nitrogen and oxygen atoms in total. The Morgan fingerprint density at radius 3 is 2.77 bits per heavy atom. The Balaban J connectivity index is 2.01. The zero-order chi connectivity index (χ0) is 9.26. The number of carbonyl (C=O) groups excluding carboxylic acids is 1. The molecule has 1 saturated heterocycles. The van der Waals surface area contributed by atoms with Crippen molar-refractivity contribution in [3.8, 4) is 0 Å². The van der Waals surface area contributed by atoms with Crippen molar-refractivity contribution in [3.05, 3.63) is 12.2 Å². The molecule has 2 unspecified atom stereocenters. The van der Waals surface area contributed by atoms with Crippen LogP contribution in [0.25, 0.3) is 0 Å². The van der Waals surface area contributed by atoms with E-state index in [9.17, 15) is 4.79 Å². The van der Waals surface area contributed by atoms with E-state index in [0.29, 0.717) is 6.04 Å². The van der Waals surface area contributed by atoms with Crippen molar-refractivity contribution in [2.75, 3.05) is 6.54 Å². The Bertz CT molecular complexity index is 237. The summed E-state index contributed by atoms with van der Waals surface area (Å²) in [4.78, 5) is 13.5. The molecule has 1 fully saturated rings. The molecule has 1 heterocycles. The Morgan fingerprint density at radius 1 is 1.38 bits per heavy atom. The molecule has 1 aliphatic carbocycles. The van der Waals surface area contributed by atoms with Gasteiger partial charge in [0.2, 0.25) is 5.91 Å². The fraction of sp³-hybridized carbons (Fsp3) is 0.700. The van der Waals surface area contributed by atoms with Gasteiger partial charge in [-0.2, -0.15) is 0 Å². The van der Waals surface area contributed by atoms with Gasteiger partial charge in [-0.1, -0.05) is 12.2 Å². The Kier molecular flexibility index (Phi) is 2.36. The molecule has 72 valence electrons. The van der Waals surface area contributed by atoms with Gasteiger partial charge in [-0.25, -0.2) is 0 Å². The number of rotatable bonds is 1. The molecule has 2 N–H and O–H groups in total. The van der Waals surface area contributed by atoms with E-state index in [-0.39, 0.29) is 11.9 Å². The van der Waals surface area contributed by atoms with Crippen LogP contribution in [-0.4, -0.2) is 29.4 Å². The average Bonchev–Trinajstić information content (AvgIpc) is 2.49. The molecule has 0 aromatic rings. The van der Waals surface area contributed by atoms with Gasteiger partial charge in [-0.15, -0.1) is 0 Å². The molecule has 13 heavy (non-hydrogen) atoms. The SMILES string of the molecule is NC1CCN(C2CC=CCC2)C1=O. The third-order valence-electron chi connectivity index (χ3n) is 2.96. The number of hydrogen-bond donors (Lipinski definition) is 1. The van der Waals surface area contributed by atoms with E-state index in [2.05, 4.69) is 12.2 Å². The standard InChI is InChI=1S/C10H16N2O/c11-9-6-7-12(10(9)13)8-4-2-1-3-5-8/h1-2,8-9H,3-7,11H2. The lowest BCUT2D eigenvalue weighted by Gasteiger charge is -2.28. The highest BCUT2D eigenvalue weighted by atomic mass is 16.2. The van der Waals surface area contributed by atoms with Crippen LogP contribution in [0.4, 0.5) is 0 Å². The summed E-state index contributed by atoms with van der Waals surface area (Å²) in [5, 5.41) is 0. The average molecular weight is 180 g/mol. The van der Waals surface area contributed by atoms with E-state index in [1.807, 2.05) is 4.90 Å². The Hall–Kier alpha value is -0.830. The first-order chi connectivity index (χ1) is 6.29. The quantitative estimate of drug-likeness (QED) is 0.602. The summed E-state index contributed by atoms with van der Waals surface area (Å²) in [6, 6.07) is 0.192. The summed E-state index contributed by atoms with van der Waals surface area (Å²) < 4.78 is 0. The number of likely N-dealkylation sites (tertiary alicyclic amines) is 1. The van der Waals surface area contributed by atoms with Crippen molar-refractivity contribution >= 4 is 5.91 Å². The summed E-state index contributed by atoms with van der Waals surface area (Å²) in [7, 11) is 0. The second kappa shape index (κ2) is 3.50. The van der Waals surface area contributed by atoms with Gasteiger partial charge in [0.25, 0.3) is 0 Å².